The van der Waals surface area contributed by atoms with E-state index in [4.69, 9.17) is 4.74 Å². The van der Waals surface area contributed by atoms with Crippen LogP contribution in [0.5, 0.6) is 5.75 Å². The Bertz CT molecular complexity index is 589. The lowest BCUT2D eigenvalue weighted by Gasteiger charge is -2.21. The summed E-state index contributed by atoms with van der Waals surface area (Å²) >= 11 is 0. The molecule has 2 aromatic rings. The smallest absolute Gasteiger partial charge is 0.124 e. The van der Waals surface area contributed by atoms with Crippen LogP contribution in [0.15, 0.2) is 30.5 Å². The summed E-state index contributed by atoms with van der Waals surface area (Å²) in [6.45, 7) is 6.23. The summed E-state index contributed by atoms with van der Waals surface area (Å²) in [5, 5.41) is 7.95. The van der Waals surface area contributed by atoms with Gasteiger partial charge in [-0.25, -0.2) is 0 Å². The van der Waals surface area contributed by atoms with E-state index in [-0.39, 0.29) is 12.1 Å². The summed E-state index contributed by atoms with van der Waals surface area (Å²) in [6.07, 6.45) is 3.16. The second kappa shape index (κ2) is 6.76. The van der Waals surface area contributed by atoms with Crippen LogP contribution in [0.25, 0.3) is 0 Å². The Kier molecular flexibility index (Phi) is 5.02. The summed E-state index contributed by atoms with van der Waals surface area (Å²) in [7, 11) is 3.94. The number of hydrogen-bond acceptors (Lipinski definition) is 3. The molecular weight excluding hydrogens is 262 g/mol. The van der Waals surface area contributed by atoms with Gasteiger partial charge in [0.15, 0.2) is 0 Å². The number of nitrogens with zero attached hydrogens (tertiary/aromatic N) is 2. The van der Waals surface area contributed by atoms with Gasteiger partial charge in [-0.05, 0) is 33.4 Å². The Morgan fingerprint density at radius 2 is 1.95 bits per heavy atom. The van der Waals surface area contributed by atoms with E-state index >= 15 is 0 Å². The molecule has 0 bridgehead atoms. The lowest BCUT2D eigenvalue weighted by atomic mass is 9.97. The molecule has 2 rings (SSSR count). The maximum atomic E-state index is 5.96. The van der Waals surface area contributed by atoms with Crippen molar-refractivity contribution in [3.8, 4) is 5.75 Å². The second-order valence-electron chi connectivity index (χ2n) is 5.48. The zero-order valence-corrected chi connectivity index (χ0v) is 13.6. The quantitative estimate of drug-likeness (QED) is 0.887. The molecule has 114 valence electrons. The predicted octanol–water partition coefficient (Wildman–Crippen LogP) is 3.08. The van der Waals surface area contributed by atoms with Gasteiger partial charge in [-0.15, -0.1) is 0 Å². The van der Waals surface area contributed by atoms with E-state index < -0.39 is 0 Å². The maximum Gasteiger partial charge on any atom is 0.124 e. The van der Waals surface area contributed by atoms with E-state index in [0.29, 0.717) is 0 Å². The first-order valence-corrected chi connectivity index (χ1v) is 7.52. The Labute approximate surface area is 127 Å². The van der Waals surface area contributed by atoms with Crippen LogP contribution >= 0.6 is 0 Å². The number of aromatic nitrogens is 2. The minimum absolute atomic E-state index is 0.0867. The fourth-order valence-electron chi connectivity index (χ4n) is 2.63. The Hall–Kier alpha value is -1.81. The van der Waals surface area contributed by atoms with Crippen LogP contribution in [0.4, 0.5) is 0 Å². The standard InChI is InChI=1S/C17H25N3O/c1-6-15-14(11-20(5)19-15)17(18-4)13-9-7-8-10-16(13)21-12(2)3/h7-12,17-18H,6H2,1-5H3. The predicted molar refractivity (Wildman–Crippen MR) is 85.7 cm³/mol. The third kappa shape index (κ3) is 3.45. The van der Waals surface area contributed by atoms with Crippen molar-refractivity contribution in [1.29, 1.82) is 0 Å². The number of para-hydroxylation sites is 1. The van der Waals surface area contributed by atoms with Crippen molar-refractivity contribution in [3.63, 3.8) is 0 Å². The van der Waals surface area contributed by atoms with E-state index in [1.807, 2.05) is 44.8 Å². The number of rotatable bonds is 6. The highest BCUT2D eigenvalue weighted by Gasteiger charge is 2.21. The fourth-order valence-corrected chi connectivity index (χ4v) is 2.63. The minimum Gasteiger partial charge on any atom is -0.491 e. The van der Waals surface area contributed by atoms with Crippen LogP contribution in [-0.4, -0.2) is 22.9 Å². The van der Waals surface area contributed by atoms with Crippen molar-refractivity contribution >= 4 is 0 Å². The van der Waals surface area contributed by atoms with Gasteiger partial charge in [-0.2, -0.15) is 5.10 Å². The molecule has 1 N–H and O–H groups in total. The minimum atomic E-state index is 0.0867. The molecule has 4 nitrogen and oxygen atoms in total. The van der Waals surface area contributed by atoms with Crippen molar-refractivity contribution in [3.05, 3.63) is 47.3 Å². The van der Waals surface area contributed by atoms with E-state index in [1.165, 1.54) is 5.56 Å². The van der Waals surface area contributed by atoms with Crippen molar-refractivity contribution < 1.29 is 4.74 Å². The number of hydrogen-bond donors (Lipinski definition) is 1. The third-order valence-electron chi connectivity index (χ3n) is 3.46. The van der Waals surface area contributed by atoms with Crippen LogP contribution in [0.3, 0.4) is 0 Å². The molecule has 21 heavy (non-hydrogen) atoms. The van der Waals surface area contributed by atoms with E-state index in [2.05, 4.69) is 35.7 Å². The van der Waals surface area contributed by atoms with Gasteiger partial charge in [0.1, 0.15) is 5.75 Å². The van der Waals surface area contributed by atoms with Crippen molar-refractivity contribution in [1.82, 2.24) is 15.1 Å². The van der Waals surface area contributed by atoms with Gasteiger partial charge in [0.05, 0.1) is 17.8 Å². The Balaban J connectivity index is 2.46. The van der Waals surface area contributed by atoms with E-state index in [9.17, 15) is 0 Å². The summed E-state index contributed by atoms with van der Waals surface area (Å²) < 4.78 is 7.84. The van der Waals surface area contributed by atoms with E-state index in [1.54, 1.807) is 0 Å². The largest absolute Gasteiger partial charge is 0.491 e. The lowest BCUT2D eigenvalue weighted by Crippen LogP contribution is -2.20. The molecular formula is C17H25N3O. The molecule has 0 radical (unpaired) electrons. The highest BCUT2D eigenvalue weighted by molar-refractivity contribution is 5.42. The Morgan fingerprint density at radius 1 is 1.24 bits per heavy atom. The number of aryl methyl sites for hydroxylation is 2. The number of benzene rings is 1. The molecule has 1 unspecified atom stereocenters. The average Bonchev–Trinajstić information content (AvgIpc) is 2.82. The lowest BCUT2D eigenvalue weighted by molar-refractivity contribution is 0.238. The van der Waals surface area contributed by atoms with Crippen LogP contribution in [0, 0.1) is 0 Å². The van der Waals surface area contributed by atoms with Crippen molar-refractivity contribution in [2.24, 2.45) is 7.05 Å². The third-order valence-corrected chi connectivity index (χ3v) is 3.46. The highest BCUT2D eigenvalue weighted by atomic mass is 16.5. The van der Waals surface area contributed by atoms with E-state index in [0.717, 1.165) is 23.4 Å². The second-order valence-corrected chi connectivity index (χ2v) is 5.48. The molecule has 0 aliphatic rings. The SMILES string of the molecule is CCc1nn(C)cc1C(NC)c1ccccc1OC(C)C. The zero-order valence-electron chi connectivity index (χ0n) is 13.6. The molecule has 0 aliphatic carbocycles. The van der Waals surface area contributed by atoms with Gasteiger partial charge in [-0.1, -0.05) is 25.1 Å². The van der Waals surface area contributed by atoms with Crippen molar-refractivity contribution in [2.75, 3.05) is 7.05 Å². The molecule has 1 aromatic carbocycles. The highest BCUT2D eigenvalue weighted by Crippen LogP contribution is 2.31. The monoisotopic (exact) mass is 287 g/mol. The molecule has 4 heteroatoms. The zero-order chi connectivity index (χ0) is 15.4. The molecule has 0 saturated heterocycles. The molecule has 0 fully saturated rings. The summed E-state index contributed by atoms with van der Waals surface area (Å²) in [5.41, 5.74) is 3.48. The molecule has 0 saturated carbocycles. The van der Waals surface area contributed by atoms with Crippen LogP contribution in [0.2, 0.25) is 0 Å². The normalized spacial score (nSPS) is 12.7. The molecule has 1 aromatic heterocycles. The summed E-state index contributed by atoms with van der Waals surface area (Å²) in [4.78, 5) is 0. The molecule has 0 spiro atoms. The first kappa shape index (κ1) is 15.6. The van der Waals surface area contributed by atoms with Gasteiger partial charge in [-0.3, -0.25) is 4.68 Å². The molecule has 0 aliphatic heterocycles. The Morgan fingerprint density at radius 3 is 2.57 bits per heavy atom. The summed E-state index contributed by atoms with van der Waals surface area (Å²) in [5.74, 6) is 0.928. The van der Waals surface area contributed by atoms with Gasteiger partial charge in [0.25, 0.3) is 0 Å². The van der Waals surface area contributed by atoms with Crippen LogP contribution in [-0.2, 0) is 13.5 Å². The van der Waals surface area contributed by atoms with Gasteiger partial charge in [0, 0.05) is 24.4 Å². The van der Waals surface area contributed by atoms with Gasteiger partial charge < -0.3 is 10.1 Å². The molecule has 1 heterocycles. The maximum absolute atomic E-state index is 5.96. The summed E-state index contributed by atoms with van der Waals surface area (Å²) in [6, 6.07) is 8.29. The first-order valence-electron chi connectivity index (χ1n) is 7.52. The van der Waals surface area contributed by atoms with Crippen molar-refractivity contribution in [2.45, 2.75) is 39.3 Å². The fraction of sp³-hybridized carbons (Fsp3) is 0.471. The van der Waals surface area contributed by atoms with Crippen LogP contribution < -0.4 is 10.1 Å². The topological polar surface area (TPSA) is 39.1 Å². The molecule has 1 atom stereocenters. The average molecular weight is 287 g/mol. The van der Waals surface area contributed by atoms with Gasteiger partial charge >= 0.3 is 0 Å². The number of ether oxygens (including phenoxy) is 1. The van der Waals surface area contributed by atoms with Gasteiger partial charge in [0.2, 0.25) is 0 Å². The first-order chi connectivity index (χ1) is 10.1. The van der Waals surface area contributed by atoms with Crippen LogP contribution in [0.1, 0.15) is 43.6 Å². The number of nitrogens with one attached hydrogen (secondary N) is 1. The molecule has 0 amide bonds.